The third-order valence-corrected chi connectivity index (χ3v) is 6.54. The Kier molecular flexibility index (Phi) is 7.69. The van der Waals surface area contributed by atoms with Crippen LogP contribution in [0.3, 0.4) is 0 Å². The molecule has 0 bridgehead atoms. The van der Waals surface area contributed by atoms with E-state index in [0.29, 0.717) is 11.8 Å². The van der Waals surface area contributed by atoms with Crippen LogP contribution in [0.4, 0.5) is 0 Å². The molecule has 148 valence electrons. The molecule has 3 aliphatic rings. The summed E-state index contributed by atoms with van der Waals surface area (Å²) in [7, 11) is 2.19. The number of halogens is 3. The summed E-state index contributed by atoms with van der Waals surface area (Å²) in [5, 5.41) is 12.6. The normalized spacial score (nSPS) is 23.0. The molecule has 1 heterocycles. The van der Waals surface area contributed by atoms with Crippen LogP contribution in [0.15, 0.2) is 24.3 Å². The van der Waals surface area contributed by atoms with Crippen LogP contribution in [-0.4, -0.2) is 60.3 Å². The minimum absolute atomic E-state index is 0. The SMILES string of the molecule is CN1CCN(CC(c2cccc(Cl)c2)C(O)(C2CC2)C2CC2)CC1.Cl.Cl. The third-order valence-electron chi connectivity index (χ3n) is 6.31. The number of hydrogen-bond acceptors (Lipinski definition) is 3. The van der Waals surface area contributed by atoms with Gasteiger partial charge in [-0.1, -0.05) is 23.7 Å². The van der Waals surface area contributed by atoms with Gasteiger partial charge in [-0.3, -0.25) is 0 Å². The van der Waals surface area contributed by atoms with E-state index in [-0.39, 0.29) is 30.7 Å². The van der Waals surface area contributed by atoms with E-state index >= 15 is 0 Å². The summed E-state index contributed by atoms with van der Waals surface area (Å²) >= 11 is 6.29. The lowest BCUT2D eigenvalue weighted by Crippen LogP contribution is -2.51. The van der Waals surface area contributed by atoms with E-state index in [1.807, 2.05) is 12.1 Å². The molecule has 1 saturated heterocycles. The Hall–Kier alpha value is -0.0300. The van der Waals surface area contributed by atoms with Crippen molar-refractivity contribution in [1.82, 2.24) is 9.80 Å². The Labute approximate surface area is 174 Å². The highest BCUT2D eigenvalue weighted by Gasteiger charge is 2.57. The van der Waals surface area contributed by atoms with Gasteiger partial charge in [-0.25, -0.2) is 0 Å². The van der Waals surface area contributed by atoms with Crippen molar-refractivity contribution in [2.45, 2.75) is 37.2 Å². The number of nitrogens with zero attached hydrogens (tertiary/aromatic N) is 2. The zero-order chi connectivity index (χ0) is 16.7. The van der Waals surface area contributed by atoms with Crippen LogP contribution in [0.2, 0.25) is 5.02 Å². The number of hydrogen-bond donors (Lipinski definition) is 1. The monoisotopic (exact) mass is 420 g/mol. The van der Waals surface area contributed by atoms with E-state index in [4.69, 9.17) is 11.6 Å². The van der Waals surface area contributed by atoms with Crippen molar-refractivity contribution in [3.8, 4) is 0 Å². The maximum atomic E-state index is 11.8. The van der Waals surface area contributed by atoms with Crippen molar-refractivity contribution in [2.24, 2.45) is 11.8 Å². The Bertz CT molecular complexity index is 572. The minimum atomic E-state index is -0.534. The molecule has 1 atom stereocenters. The third kappa shape index (κ3) is 4.68. The fourth-order valence-electron chi connectivity index (χ4n) is 4.52. The van der Waals surface area contributed by atoms with Crippen LogP contribution in [0.1, 0.15) is 37.2 Å². The first kappa shape index (κ1) is 22.3. The van der Waals surface area contributed by atoms with Gasteiger partial charge in [-0.05, 0) is 62.3 Å². The molecule has 0 amide bonds. The van der Waals surface area contributed by atoms with Gasteiger partial charge in [0, 0.05) is 43.7 Å². The maximum Gasteiger partial charge on any atom is 0.0784 e. The lowest BCUT2D eigenvalue weighted by atomic mass is 9.74. The van der Waals surface area contributed by atoms with E-state index in [1.54, 1.807) is 0 Å². The topological polar surface area (TPSA) is 26.7 Å². The van der Waals surface area contributed by atoms with Crippen LogP contribution in [0.5, 0.6) is 0 Å². The van der Waals surface area contributed by atoms with Crippen LogP contribution < -0.4 is 0 Å². The first-order valence-corrected chi connectivity index (χ1v) is 9.84. The van der Waals surface area contributed by atoms with E-state index < -0.39 is 5.60 Å². The molecule has 0 radical (unpaired) electrons. The molecule has 1 N–H and O–H groups in total. The average molecular weight is 422 g/mol. The largest absolute Gasteiger partial charge is 0.389 e. The molecule has 1 aliphatic heterocycles. The minimum Gasteiger partial charge on any atom is -0.389 e. The molecule has 2 aliphatic carbocycles. The molecule has 1 aromatic rings. The van der Waals surface area contributed by atoms with Gasteiger partial charge in [-0.15, -0.1) is 24.8 Å². The molecular formula is C20H31Cl3N2O. The summed E-state index contributed by atoms with van der Waals surface area (Å²) in [4.78, 5) is 4.93. The average Bonchev–Trinajstić information content (AvgIpc) is 3.46. The number of likely N-dealkylation sites (N-methyl/N-ethyl adjacent to an activating group) is 1. The molecule has 0 aromatic heterocycles. The predicted molar refractivity (Wildman–Crippen MR) is 113 cm³/mol. The van der Waals surface area contributed by atoms with Crippen molar-refractivity contribution in [2.75, 3.05) is 39.8 Å². The van der Waals surface area contributed by atoms with E-state index in [2.05, 4.69) is 29.0 Å². The lowest BCUT2D eigenvalue weighted by Gasteiger charge is -2.42. The molecule has 3 fully saturated rings. The highest BCUT2D eigenvalue weighted by molar-refractivity contribution is 6.30. The van der Waals surface area contributed by atoms with Crippen LogP contribution in [0.25, 0.3) is 0 Å². The van der Waals surface area contributed by atoms with Crippen molar-refractivity contribution < 1.29 is 5.11 Å². The van der Waals surface area contributed by atoms with Gasteiger partial charge in [-0.2, -0.15) is 0 Å². The number of rotatable bonds is 6. The summed E-state index contributed by atoms with van der Waals surface area (Å²) in [6.45, 7) is 5.39. The summed E-state index contributed by atoms with van der Waals surface area (Å²) in [5.41, 5.74) is 0.691. The molecule has 1 aromatic carbocycles. The number of aliphatic hydroxyl groups is 1. The standard InChI is InChI=1S/C20H29ClN2O.2ClH/c1-22-9-11-23(12-10-22)14-19(15-3-2-4-18(21)13-15)20(24,16-5-6-16)17-7-8-17;;/h2-4,13,16-17,19,24H,5-12,14H2,1H3;2*1H. The van der Waals surface area contributed by atoms with Gasteiger partial charge in [0.1, 0.15) is 0 Å². The lowest BCUT2D eigenvalue weighted by molar-refractivity contribution is -0.0430. The molecule has 6 heteroatoms. The van der Waals surface area contributed by atoms with Gasteiger partial charge in [0.2, 0.25) is 0 Å². The molecule has 3 nitrogen and oxygen atoms in total. The van der Waals surface area contributed by atoms with Crippen molar-refractivity contribution >= 4 is 36.4 Å². The maximum absolute atomic E-state index is 11.8. The fourth-order valence-corrected chi connectivity index (χ4v) is 4.72. The van der Waals surface area contributed by atoms with Crippen LogP contribution >= 0.6 is 36.4 Å². The van der Waals surface area contributed by atoms with Gasteiger partial charge in [0.25, 0.3) is 0 Å². The molecule has 1 unspecified atom stereocenters. The Morgan fingerprint density at radius 3 is 2.15 bits per heavy atom. The molecule has 26 heavy (non-hydrogen) atoms. The summed E-state index contributed by atoms with van der Waals surface area (Å²) < 4.78 is 0. The highest BCUT2D eigenvalue weighted by atomic mass is 35.5. The number of piperazine rings is 1. The molecule has 4 rings (SSSR count). The van der Waals surface area contributed by atoms with Crippen molar-refractivity contribution in [3.05, 3.63) is 34.9 Å². The second-order valence-corrected chi connectivity index (χ2v) is 8.58. The van der Waals surface area contributed by atoms with Crippen LogP contribution in [-0.2, 0) is 0 Å². The van der Waals surface area contributed by atoms with Gasteiger partial charge >= 0.3 is 0 Å². The zero-order valence-corrected chi connectivity index (χ0v) is 17.8. The van der Waals surface area contributed by atoms with E-state index in [0.717, 1.165) is 37.7 Å². The Balaban J connectivity index is 0.00000121. The van der Waals surface area contributed by atoms with E-state index in [1.165, 1.54) is 31.2 Å². The fraction of sp³-hybridized carbons (Fsp3) is 0.700. The molecule has 2 saturated carbocycles. The first-order chi connectivity index (χ1) is 11.6. The second kappa shape index (κ2) is 8.98. The van der Waals surface area contributed by atoms with Crippen molar-refractivity contribution in [1.29, 1.82) is 0 Å². The van der Waals surface area contributed by atoms with Gasteiger partial charge in [0.15, 0.2) is 0 Å². The summed E-state index contributed by atoms with van der Waals surface area (Å²) in [6, 6.07) is 8.22. The molecule has 0 spiro atoms. The molecular weight excluding hydrogens is 391 g/mol. The summed E-state index contributed by atoms with van der Waals surface area (Å²) in [5.74, 6) is 1.16. The van der Waals surface area contributed by atoms with E-state index in [9.17, 15) is 5.11 Å². The van der Waals surface area contributed by atoms with Gasteiger partial charge < -0.3 is 14.9 Å². The highest BCUT2D eigenvalue weighted by Crippen LogP contribution is 2.58. The Morgan fingerprint density at radius 2 is 1.65 bits per heavy atom. The van der Waals surface area contributed by atoms with Crippen molar-refractivity contribution in [3.63, 3.8) is 0 Å². The van der Waals surface area contributed by atoms with Gasteiger partial charge in [0.05, 0.1) is 5.60 Å². The number of benzene rings is 1. The second-order valence-electron chi connectivity index (χ2n) is 8.15. The smallest absolute Gasteiger partial charge is 0.0784 e. The predicted octanol–water partition coefficient (Wildman–Crippen LogP) is 4.07. The summed E-state index contributed by atoms with van der Waals surface area (Å²) in [6.07, 6.45) is 4.75. The quantitative estimate of drug-likeness (QED) is 0.750. The Morgan fingerprint density at radius 1 is 1.08 bits per heavy atom. The zero-order valence-electron chi connectivity index (χ0n) is 15.4. The van der Waals surface area contributed by atoms with Crippen LogP contribution in [0, 0.1) is 11.8 Å². The first-order valence-electron chi connectivity index (χ1n) is 9.46.